The number of para-hydroxylation sites is 1. The van der Waals surface area contributed by atoms with Crippen LogP contribution >= 0.6 is 0 Å². The predicted molar refractivity (Wildman–Crippen MR) is 110 cm³/mol. The van der Waals surface area contributed by atoms with Crippen molar-refractivity contribution in [2.24, 2.45) is 5.10 Å². The fourth-order valence-electron chi connectivity index (χ4n) is 4.04. The fourth-order valence-corrected chi connectivity index (χ4v) is 4.04. The number of hydrazone groups is 1. The SMILES string of the molecule is Cc1ccc(C2=NN3[C@@H](c4ccc(C(C)C)cc4)Oc4ccccc4[C@@H]3C2)o1. The van der Waals surface area contributed by atoms with Crippen LogP contribution in [0.5, 0.6) is 5.75 Å². The van der Waals surface area contributed by atoms with Gasteiger partial charge in [-0.15, -0.1) is 0 Å². The number of furan rings is 1. The Hall–Kier alpha value is -3.01. The third kappa shape index (κ3) is 2.80. The lowest BCUT2D eigenvalue weighted by atomic mass is 9.96. The van der Waals surface area contributed by atoms with Gasteiger partial charge in [-0.3, -0.25) is 0 Å². The normalized spacial score (nSPS) is 20.6. The van der Waals surface area contributed by atoms with Crippen LogP contribution in [0.25, 0.3) is 0 Å². The van der Waals surface area contributed by atoms with Crippen LogP contribution in [0.15, 0.2) is 70.2 Å². The molecule has 0 spiro atoms. The minimum Gasteiger partial charge on any atom is -0.464 e. The number of aryl methyl sites for hydroxylation is 1. The molecule has 0 aliphatic carbocycles. The number of benzene rings is 2. The van der Waals surface area contributed by atoms with Crippen LogP contribution in [0, 0.1) is 6.92 Å². The molecule has 3 heterocycles. The van der Waals surface area contributed by atoms with E-state index in [0.717, 1.165) is 35.0 Å². The molecule has 2 atom stereocenters. The topological polar surface area (TPSA) is 38.0 Å². The Morgan fingerprint density at radius 1 is 1.00 bits per heavy atom. The van der Waals surface area contributed by atoms with Gasteiger partial charge in [0.2, 0.25) is 6.23 Å². The zero-order valence-electron chi connectivity index (χ0n) is 16.4. The first kappa shape index (κ1) is 17.1. The van der Waals surface area contributed by atoms with E-state index in [4.69, 9.17) is 14.3 Å². The highest BCUT2D eigenvalue weighted by molar-refractivity contribution is 5.99. The van der Waals surface area contributed by atoms with Gasteiger partial charge >= 0.3 is 0 Å². The van der Waals surface area contributed by atoms with Gasteiger partial charge in [-0.05, 0) is 36.6 Å². The molecule has 4 heteroatoms. The number of nitrogens with zero attached hydrogens (tertiary/aromatic N) is 2. The van der Waals surface area contributed by atoms with Gasteiger partial charge in [0.15, 0.2) is 0 Å². The van der Waals surface area contributed by atoms with Gasteiger partial charge in [0.1, 0.15) is 23.0 Å². The smallest absolute Gasteiger partial charge is 0.213 e. The third-order valence-corrected chi connectivity index (χ3v) is 5.61. The molecule has 3 aromatic rings. The van der Waals surface area contributed by atoms with Crippen LogP contribution in [0.1, 0.15) is 66.7 Å². The van der Waals surface area contributed by atoms with E-state index in [2.05, 4.69) is 61.3 Å². The van der Waals surface area contributed by atoms with Crippen molar-refractivity contribution >= 4 is 5.71 Å². The molecule has 4 nitrogen and oxygen atoms in total. The Morgan fingerprint density at radius 3 is 2.50 bits per heavy atom. The van der Waals surface area contributed by atoms with Crippen molar-refractivity contribution in [2.75, 3.05) is 0 Å². The average Bonchev–Trinajstić information content (AvgIpc) is 3.34. The molecule has 5 rings (SSSR count). The Balaban J connectivity index is 1.56. The van der Waals surface area contributed by atoms with Gasteiger partial charge in [0, 0.05) is 17.5 Å². The van der Waals surface area contributed by atoms with Crippen LogP contribution in [0.2, 0.25) is 0 Å². The first-order chi connectivity index (χ1) is 13.6. The van der Waals surface area contributed by atoms with Crippen LogP contribution in [0.3, 0.4) is 0 Å². The van der Waals surface area contributed by atoms with Gasteiger partial charge in [0.25, 0.3) is 0 Å². The van der Waals surface area contributed by atoms with Crippen molar-refractivity contribution in [1.82, 2.24) is 5.01 Å². The number of hydrogen-bond donors (Lipinski definition) is 0. The maximum Gasteiger partial charge on any atom is 0.213 e. The van der Waals surface area contributed by atoms with E-state index in [1.807, 2.05) is 25.1 Å². The van der Waals surface area contributed by atoms with Gasteiger partial charge in [-0.2, -0.15) is 5.10 Å². The van der Waals surface area contributed by atoms with Crippen LogP contribution in [0.4, 0.5) is 0 Å². The minimum absolute atomic E-state index is 0.153. The first-order valence-corrected chi connectivity index (χ1v) is 9.88. The number of fused-ring (bicyclic) bond motifs is 3. The van der Waals surface area contributed by atoms with E-state index >= 15 is 0 Å². The molecule has 0 saturated carbocycles. The van der Waals surface area contributed by atoms with E-state index in [9.17, 15) is 0 Å². The summed E-state index contributed by atoms with van der Waals surface area (Å²) in [5.74, 6) is 3.19. The van der Waals surface area contributed by atoms with Crippen molar-refractivity contribution in [3.8, 4) is 5.75 Å². The highest BCUT2D eigenvalue weighted by Gasteiger charge is 2.41. The maximum absolute atomic E-state index is 6.41. The molecule has 0 amide bonds. The standard InChI is InChI=1S/C24H24N2O2/c1-15(2)17-9-11-18(12-10-17)24-26-21(19-6-4-5-7-22(19)28-24)14-20(25-26)23-13-8-16(3)27-23/h4-13,15,21,24H,14H2,1-3H3/t21-,24+/m0/s1. The summed E-state index contributed by atoms with van der Waals surface area (Å²) in [4.78, 5) is 0. The molecule has 28 heavy (non-hydrogen) atoms. The molecule has 0 N–H and O–H groups in total. The Morgan fingerprint density at radius 2 is 1.79 bits per heavy atom. The Kier molecular flexibility index (Phi) is 4.00. The highest BCUT2D eigenvalue weighted by Crippen LogP contribution is 2.47. The summed E-state index contributed by atoms with van der Waals surface area (Å²) in [6.45, 7) is 6.38. The van der Waals surface area contributed by atoms with Gasteiger partial charge < -0.3 is 9.15 Å². The second-order valence-corrected chi connectivity index (χ2v) is 7.89. The summed E-state index contributed by atoms with van der Waals surface area (Å²) in [6, 6.07) is 21.1. The molecule has 0 fully saturated rings. The van der Waals surface area contributed by atoms with Crippen molar-refractivity contribution in [3.63, 3.8) is 0 Å². The maximum atomic E-state index is 6.41. The minimum atomic E-state index is -0.241. The largest absolute Gasteiger partial charge is 0.464 e. The van der Waals surface area contributed by atoms with Gasteiger partial charge in [-0.25, -0.2) is 5.01 Å². The van der Waals surface area contributed by atoms with Gasteiger partial charge in [-0.1, -0.05) is 56.3 Å². The molecule has 0 saturated heterocycles. The first-order valence-electron chi connectivity index (χ1n) is 9.88. The number of hydrogen-bond acceptors (Lipinski definition) is 4. The van der Waals surface area contributed by atoms with Crippen molar-refractivity contribution < 1.29 is 9.15 Å². The molecular formula is C24H24N2O2. The van der Waals surface area contributed by atoms with Crippen molar-refractivity contribution in [1.29, 1.82) is 0 Å². The summed E-state index contributed by atoms with van der Waals surface area (Å²) in [5.41, 5.74) is 4.60. The molecule has 0 bridgehead atoms. The average molecular weight is 372 g/mol. The van der Waals surface area contributed by atoms with E-state index in [0.29, 0.717) is 5.92 Å². The number of ether oxygens (including phenoxy) is 1. The van der Waals surface area contributed by atoms with E-state index in [-0.39, 0.29) is 12.3 Å². The molecular weight excluding hydrogens is 348 g/mol. The van der Waals surface area contributed by atoms with Crippen LogP contribution < -0.4 is 4.74 Å². The summed E-state index contributed by atoms with van der Waals surface area (Å²) in [7, 11) is 0. The zero-order chi connectivity index (χ0) is 19.3. The lowest BCUT2D eigenvalue weighted by Crippen LogP contribution is -2.33. The molecule has 0 unspecified atom stereocenters. The molecule has 0 radical (unpaired) electrons. The molecule has 2 aliphatic heterocycles. The summed E-state index contributed by atoms with van der Waals surface area (Å²) < 4.78 is 12.3. The molecule has 2 aromatic carbocycles. The highest BCUT2D eigenvalue weighted by atomic mass is 16.5. The Bertz CT molecular complexity index is 1030. The summed E-state index contributed by atoms with van der Waals surface area (Å²) >= 11 is 0. The van der Waals surface area contributed by atoms with Gasteiger partial charge in [0.05, 0.1) is 6.04 Å². The fraction of sp³-hybridized carbons (Fsp3) is 0.292. The predicted octanol–water partition coefficient (Wildman–Crippen LogP) is 5.95. The van der Waals surface area contributed by atoms with E-state index in [1.54, 1.807) is 0 Å². The van der Waals surface area contributed by atoms with Crippen LogP contribution in [-0.2, 0) is 0 Å². The lowest BCUT2D eigenvalue weighted by molar-refractivity contribution is -0.0190. The van der Waals surface area contributed by atoms with E-state index < -0.39 is 0 Å². The molecule has 142 valence electrons. The summed E-state index contributed by atoms with van der Waals surface area (Å²) in [6.07, 6.45) is 0.572. The monoisotopic (exact) mass is 372 g/mol. The summed E-state index contributed by atoms with van der Waals surface area (Å²) in [5, 5.41) is 7.04. The van der Waals surface area contributed by atoms with Crippen molar-refractivity contribution in [2.45, 2.75) is 45.4 Å². The molecule has 2 aliphatic rings. The second-order valence-electron chi connectivity index (χ2n) is 7.89. The zero-order valence-corrected chi connectivity index (χ0v) is 16.4. The quantitative estimate of drug-likeness (QED) is 0.570. The Labute approximate surface area is 165 Å². The molecule has 1 aromatic heterocycles. The van der Waals surface area contributed by atoms with Crippen LogP contribution in [-0.4, -0.2) is 10.7 Å². The third-order valence-electron chi connectivity index (χ3n) is 5.61. The lowest BCUT2D eigenvalue weighted by Gasteiger charge is -2.38. The number of rotatable bonds is 3. The second kappa shape index (κ2) is 6.55. The van der Waals surface area contributed by atoms with E-state index in [1.165, 1.54) is 11.1 Å². The van der Waals surface area contributed by atoms with Crippen molar-refractivity contribution in [3.05, 3.63) is 88.9 Å².